The lowest BCUT2D eigenvalue weighted by atomic mass is 10.1. The van der Waals surface area contributed by atoms with E-state index >= 15 is 0 Å². The molecule has 0 aromatic heterocycles. The number of carbonyl (C=O) groups excluding carboxylic acids is 1. The number of hydrazine groups is 1. The molecule has 0 saturated carbocycles. The number of carbonyl (C=O) groups is 1. The quantitative estimate of drug-likeness (QED) is 0.750. The fourth-order valence-corrected chi connectivity index (χ4v) is 1.87. The molecule has 80 valence electrons. The molecule has 1 aromatic rings. The first-order chi connectivity index (χ1) is 7.22. The van der Waals surface area contributed by atoms with Crippen molar-refractivity contribution in [2.45, 2.75) is 25.9 Å². The summed E-state index contributed by atoms with van der Waals surface area (Å²) in [7, 11) is 0. The molecule has 4 nitrogen and oxygen atoms in total. The minimum absolute atomic E-state index is 0.0642. The lowest BCUT2D eigenvalue weighted by molar-refractivity contribution is -0.119. The van der Waals surface area contributed by atoms with Gasteiger partial charge < -0.3 is 5.73 Å². The topological polar surface area (TPSA) is 58.4 Å². The van der Waals surface area contributed by atoms with Crippen molar-refractivity contribution in [2.75, 3.05) is 5.01 Å². The number of rotatable bonds is 2. The summed E-state index contributed by atoms with van der Waals surface area (Å²) in [5.74, 6) is 0.0642. The number of amides is 1. The number of benzene rings is 1. The lowest BCUT2D eigenvalue weighted by Crippen LogP contribution is -2.37. The molecule has 1 fully saturated rings. The number of para-hydroxylation sites is 1. The van der Waals surface area contributed by atoms with Crippen LogP contribution in [0.3, 0.4) is 0 Å². The van der Waals surface area contributed by atoms with E-state index in [1.54, 1.807) is 0 Å². The summed E-state index contributed by atoms with van der Waals surface area (Å²) in [6, 6.07) is 8.04. The zero-order valence-corrected chi connectivity index (χ0v) is 8.73. The molecule has 1 saturated heterocycles. The lowest BCUT2D eigenvalue weighted by Gasteiger charge is -2.24. The van der Waals surface area contributed by atoms with E-state index in [2.05, 4.69) is 5.43 Å². The minimum Gasteiger partial charge on any atom is -0.326 e. The molecular formula is C11H15N3O. The zero-order valence-electron chi connectivity index (χ0n) is 8.73. The average molecular weight is 205 g/mol. The molecule has 1 amide bonds. The van der Waals surface area contributed by atoms with E-state index in [9.17, 15) is 4.79 Å². The van der Waals surface area contributed by atoms with Crippen molar-refractivity contribution in [3.05, 3.63) is 29.8 Å². The largest absolute Gasteiger partial charge is 0.326 e. The normalized spacial score (nSPS) is 20.5. The van der Waals surface area contributed by atoms with Gasteiger partial charge >= 0.3 is 0 Å². The second-order valence-corrected chi connectivity index (χ2v) is 3.79. The highest BCUT2D eigenvalue weighted by Gasteiger charge is 2.27. The van der Waals surface area contributed by atoms with Crippen LogP contribution in [0, 0.1) is 0 Å². The van der Waals surface area contributed by atoms with Crippen LogP contribution < -0.4 is 16.2 Å². The van der Waals surface area contributed by atoms with Crippen molar-refractivity contribution in [2.24, 2.45) is 5.73 Å². The molecule has 3 N–H and O–H groups in total. The standard InChI is InChI=1S/C11H15N3O/c1-8-6-11(15)13-14(8)10-5-3-2-4-9(10)7-12/h2-5,8H,6-7,12H2,1H3,(H,13,15). The highest BCUT2D eigenvalue weighted by molar-refractivity contribution is 5.82. The molecule has 1 aromatic carbocycles. The number of hydrogen-bond donors (Lipinski definition) is 2. The summed E-state index contributed by atoms with van der Waals surface area (Å²) < 4.78 is 0. The van der Waals surface area contributed by atoms with Crippen molar-refractivity contribution >= 4 is 11.6 Å². The second kappa shape index (κ2) is 3.90. The Hall–Kier alpha value is -1.55. The number of nitrogens with one attached hydrogen (secondary N) is 1. The van der Waals surface area contributed by atoms with Gasteiger partial charge in [0.2, 0.25) is 5.91 Å². The Morgan fingerprint density at radius 2 is 2.27 bits per heavy atom. The van der Waals surface area contributed by atoms with Crippen LogP contribution in [0.15, 0.2) is 24.3 Å². The Labute approximate surface area is 89.0 Å². The van der Waals surface area contributed by atoms with Gasteiger partial charge in [-0.3, -0.25) is 15.2 Å². The molecule has 0 spiro atoms. The first-order valence-corrected chi connectivity index (χ1v) is 5.09. The Balaban J connectivity index is 2.32. The van der Waals surface area contributed by atoms with E-state index in [1.807, 2.05) is 36.2 Å². The van der Waals surface area contributed by atoms with Crippen LogP contribution in [0.25, 0.3) is 0 Å². The third-order valence-electron chi connectivity index (χ3n) is 2.64. The molecule has 2 rings (SSSR count). The first-order valence-electron chi connectivity index (χ1n) is 5.09. The van der Waals surface area contributed by atoms with E-state index in [-0.39, 0.29) is 11.9 Å². The maximum absolute atomic E-state index is 11.3. The number of anilines is 1. The maximum atomic E-state index is 11.3. The summed E-state index contributed by atoms with van der Waals surface area (Å²) in [6.45, 7) is 2.50. The Kier molecular flexibility index (Phi) is 2.60. The van der Waals surface area contributed by atoms with Gasteiger partial charge in [-0.05, 0) is 18.6 Å². The van der Waals surface area contributed by atoms with Crippen molar-refractivity contribution in [1.82, 2.24) is 5.43 Å². The van der Waals surface area contributed by atoms with Gasteiger partial charge in [-0.15, -0.1) is 0 Å². The molecule has 0 bridgehead atoms. The minimum atomic E-state index is 0.0642. The van der Waals surface area contributed by atoms with Gasteiger partial charge in [0.15, 0.2) is 0 Å². The molecule has 1 atom stereocenters. The molecule has 4 heteroatoms. The van der Waals surface area contributed by atoms with Crippen LogP contribution >= 0.6 is 0 Å². The Morgan fingerprint density at radius 1 is 1.53 bits per heavy atom. The van der Waals surface area contributed by atoms with Crippen molar-refractivity contribution in [3.63, 3.8) is 0 Å². The molecular weight excluding hydrogens is 190 g/mol. The van der Waals surface area contributed by atoms with E-state index < -0.39 is 0 Å². The van der Waals surface area contributed by atoms with E-state index in [4.69, 9.17) is 5.73 Å². The highest BCUT2D eigenvalue weighted by atomic mass is 16.2. The fraction of sp³-hybridized carbons (Fsp3) is 0.364. The summed E-state index contributed by atoms with van der Waals surface area (Å²) in [5.41, 5.74) is 10.5. The van der Waals surface area contributed by atoms with Crippen LogP contribution in [0.5, 0.6) is 0 Å². The van der Waals surface area contributed by atoms with Crippen LogP contribution in [-0.2, 0) is 11.3 Å². The van der Waals surface area contributed by atoms with Crippen LogP contribution in [0.2, 0.25) is 0 Å². The van der Waals surface area contributed by atoms with E-state index in [0.717, 1.165) is 11.3 Å². The van der Waals surface area contributed by atoms with Gasteiger partial charge in [0.05, 0.1) is 18.2 Å². The molecule has 1 aliphatic heterocycles. The Morgan fingerprint density at radius 3 is 2.87 bits per heavy atom. The predicted octanol–water partition coefficient (Wildman–Crippen LogP) is 0.775. The fourth-order valence-electron chi connectivity index (χ4n) is 1.87. The SMILES string of the molecule is CC1CC(=O)NN1c1ccccc1CN. The van der Waals surface area contributed by atoms with Crippen LogP contribution in [0.1, 0.15) is 18.9 Å². The average Bonchev–Trinajstić information content (AvgIpc) is 2.57. The van der Waals surface area contributed by atoms with Gasteiger partial charge in [-0.25, -0.2) is 0 Å². The molecule has 1 heterocycles. The smallest absolute Gasteiger partial charge is 0.240 e. The van der Waals surface area contributed by atoms with E-state index in [1.165, 1.54) is 0 Å². The number of nitrogens with zero attached hydrogens (tertiary/aromatic N) is 1. The molecule has 15 heavy (non-hydrogen) atoms. The van der Waals surface area contributed by atoms with Crippen LogP contribution in [0.4, 0.5) is 5.69 Å². The summed E-state index contributed by atoms with van der Waals surface area (Å²) in [4.78, 5) is 11.3. The first kappa shape index (κ1) is 9.98. The van der Waals surface area contributed by atoms with Gasteiger partial charge in [0, 0.05) is 6.54 Å². The number of nitrogens with two attached hydrogens (primary N) is 1. The molecule has 1 aliphatic rings. The number of hydrogen-bond acceptors (Lipinski definition) is 3. The third-order valence-corrected chi connectivity index (χ3v) is 2.64. The van der Waals surface area contributed by atoms with Gasteiger partial charge in [0.1, 0.15) is 0 Å². The van der Waals surface area contributed by atoms with Gasteiger partial charge in [-0.1, -0.05) is 18.2 Å². The van der Waals surface area contributed by atoms with Gasteiger partial charge in [-0.2, -0.15) is 0 Å². The van der Waals surface area contributed by atoms with Crippen molar-refractivity contribution in [3.8, 4) is 0 Å². The summed E-state index contributed by atoms with van der Waals surface area (Å²) in [5, 5.41) is 1.89. The molecule has 0 radical (unpaired) electrons. The van der Waals surface area contributed by atoms with Gasteiger partial charge in [0.25, 0.3) is 0 Å². The van der Waals surface area contributed by atoms with Crippen molar-refractivity contribution in [1.29, 1.82) is 0 Å². The predicted molar refractivity (Wildman–Crippen MR) is 59.0 cm³/mol. The Bertz CT molecular complexity index is 378. The monoisotopic (exact) mass is 205 g/mol. The maximum Gasteiger partial charge on any atom is 0.240 e. The van der Waals surface area contributed by atoms with Crippen LogP contribution in [-0.4, -0.2) is 11.9 Å². The highest BCUT2D eigenvalue weighted by Crippen LogP contribution is 2.24. The van der Waals surface area contributed by atoms with E-state index in [0.29, 0.717) is 13.0 Å². The summed E-state index contributed by atoms with van der Waals surface area (Å²) in [6.07, 6.45) is 0.541. The summed E-state index contributed by atoms with van der Waals surface area (Å²) >= 11 is 0. The molecule has 1 unspecified atom stereocenters. The third kappa shape index (κ3) is 1.80. The van der Waals surface area contributed by atoms with Crippen molar-refractivity contribution < 1.29 is 4.79 Å². The molecule has 0 aliphatic carbocycles. The second-order valence-electron chi connectivity index (χ2n) is 3.79. The zero-order chi connectivity index (χ0) is 10.8.